The van der Waals surface area contributed by atoms with Gasteiger partial charge in [-0.15, -0.1) is 11.3 Å². The lowest BCUT2D eigenvalue weighted by Crippen LogP contribution is -2.19. The summed E-state index contributed by atoms with van der Waals surface area (Å²) in [6.45, 7) is 1.21. The van der Waals surface area contributed by atoms with Crippen LogP contribution < -0.4 is 4.90 Å². The standard InChI is InChI=1S/C15H11ClN2O2S/c16-10-2-1-9-5-14(20-13(9)6-10)12-8-21-15(17-12)18-4-3-11(19)7-18/h1-2,5-6,8H,3-4,7H2. The van der Waals surface area contributed by atoms with E-state index in [1.54, 1.807) is 6.07 Å². The average Bonchev–Trinajstić information content (AvgIpc) is 3.14. The smallest absolute Gasteiger partial charge is 0.186 e. The van der Waals surface area contributed by atoms with Crippen molar-refractivity contribution in [3.8, 4) is 11.5 Å². The third kappa shape index (κ3) is 2.32. The summed E-state index contributed by atoms with van der Waals surface area (Å²) in [5.74, 6) is 0.991. The summed E-state index contributed by atoms with van der Waals surface area (Å²) >= 11 is 7.50. The predicted octanol–water partition coefficient (Wildman–Crippen LogP) is 3.99. The number of nitrogens with zero attached hydrogens (tertiary/aromatic N) is 2. The number of carbonyl (C=O) groups is 1. The van der Waals surface area contributed by atoms with Crippen LogP contribution in [0.5, 0.6) is 0 Å². The second-order valence-corrected chi connectivity index (χ2v) is 6.29. The zero-order chi connectivity index (χ0) is 14.4. The minimum Gasteiger partial charge on any atom is -0.454 e. The minimum atomic E-state index is 0.269. The highest BCUT2D eigenvalue weighted by atomic mass is 35.5. The fourth-order valence-corrected chi connectivity index (χ4v) is 3.45. The number of thiazole rings is 1. The van der Waals surface area contributed by atoms with Crippen LogP contribution in [0, 0.1) is 0 Å². The van der Waals surface area contributed by atoms with E-state index in [0.717, 1.165) is 34.1 Å². The Kier molecular flexibility index (Phi) is 2.97. The summed E-state index contributed by atoms with van der Waals surface area (Å²) in [5, 5.41) is 4.48. The van der Waals surface area contributed by atoms with Crippen LogP contribution in [0.1, 0.15) is 6.42 Å². The Bertz CT molecular complexity index is 839. The normalized spacial score (nSPS) is 15.3. The molecule has 4 rings (SSSR count). The number of halogens is 1. The lowest BCUT2D eigenvalue weighted by Gasteiger charge is -2.10. The first-order chi connectivity index (χ1) is 10.2. The van der Waals surface area contributed by atoms with Crippen molar-refractivity contribution in [2.24, 2.45) is 0 Å². The van der Waals surface area contributed by atoms with Crippen LogP contribution in [0.4, 0.5) is 5.13 Å². The number of hydrogen-bond acceptors (Lipinski definition) is 5. The van der Waals surface area contributed by atoms with Gasteiger partial charge >= 0.3 is 0 Å². The van der Waals surface area contributed by atoms with Crippen LogP contribution in [0.15, 0.2) is 34.1 Å². The Labute approximate surface area is 130 Å². The van der Waals surface area contributed by atoms with Crippen molar-refractivity contribution in [1.29, 1.82) is 0 Å². The van der Waals surface area contributed by atoms with E-state index in [4.69, 9.17) is 16.0 Å². The number of furan rings is 1. The highest BCUT2D eigenvalue weighted by Crippen LogP contribution is 2.33. The lowest BCUT2D eigenvalue weighted by atomic mass is 10.2. The van der Waals surface area contributed by atoms with Crippen LogP contribution in [0.2, 0.25) is 5.02 Å². The summed E-state index contributed by atoms with van der Waals surface area (Å²) in [7, 11) is 0. The van der Waals surface area contributed by atoms with Crippen LogP contribution in [0.25, 0.3) is 22.4 Å². The number of anilines is 1. The fraction of sp³-hybridized carbons (Fsp3) is 0.200. The van der Waals surface area contributed by atoms with Gasteiger partial charge in [-0.2, -0.15) is 0 Å². The maximum atomic E-state index is 11.4. The number of Topliss-reactive ketones (excluding diaryl/α,β-unsaturated/α-hetero) is 1. The molecule has 0 spiro atoms. The molecule has 6 heteroatoms. The molecule has 0 atom stereocenters. The second-order valence-electron chi connectivity index (χ2n) is 5.02. The summed E-state index contributed by atoms with van der Waals surface area (Å²) in [5.41, 5.74) is 1.55. The number of carbonyl (C=O) groups excluding carboxylic acids is 1. The van der Waals surface area contributed by atoms with Crippen molar-refractivity contribution < 1.29 is 9.21 Å². The highest BCUT2D eigenvalue weighted by Gasteiger charge is 2.22. The van der Waals surface area contributed by atoms with Crippen molar-refractivity contribution in [2.75, 3.05) is 18.0 Å². The first-order valence-electron chi connectivity index (χ1n) is 6.61. The van der Waals surface area contributed by atoms with Gasteiger partial charge in [-0.1, -0.05) is 11.6 Å². The number of rotatable bonds is 2. The van der Waals surface area contributed by atoms with Gasteiger partial charge in [0.1, 0.15) is 11.3 Å². The van der Waals surface area contributed by atoms with Gasteiger partial charge in [0.15, 0.2) is 16.7 Å². The van der Waals surface area contributed by atoms with Crippen molar-refractivity contribution in [2.45, 2.75) is 6.42 Å². The first kappa shape index (κ1) is 12.9. The summed E-state index contributed by atoms with van der Waals surface area (Å²) in [6, 6.07) is 7.52. The maximum absolute atomic E-state index is 11.4. The number of benzene rings is 1. The van der Waals surface area contributed by atoms with E-state index in [1.165, 1.54) is 11.3 Å². The van der Waals surface area contributed by atoms with Crippen molar-refractivity contribution >= 4 is 44.8 Å². The summed E-state index contributed by atoms with van der Waals surface area (Å²) < 4.78 is 5.81. The third-order valence-corrected chi connectivity index (χ3v) is 4.66. The predicted molar refractivity (Wildman–Crippen MR) is 84.2 cm³/mol. The van der Waals surface area contributed by atoms with Crippen LogP contribution in [-0.4, -0.2) is 23.9 Å². The number of fused-ring (bicyclic) bond motifs is 1. The summed E-state index contributed by atoms with van der Waals surface area (Å²) in [4.78, 5) is 17.9. The van der Waals surface area contributed by atoms with Crippen LogP contribution in [-0.2, 0) is 4.79 Å². The minimum absolute atomic E-state index is 0.269. The van der Waals surface area contributed by atoms with Gasteiger partial charge in [-0.3, -0.25) is 4.79 Å². The zero-order valence-corrected chi connectivity index (χ0v) is 12.6. The molecule has 1 aliphatic rings. The van der Waals surface area contributed by atoms with E-state index < -0.39 is 0 Å². The Balaban J connectivity index is 1.69. The SMILES string of the molecule is O=C1CCN(c2nc(-c3cc4ccc(Cl)cc4o3)cs2)C1. The van der Waals surface area contributed by atoms with Gasteiger partial charge in [-0.25, -0.2) is 4.98 Å². The van der Waals surface area contributed by atoms with Gasteiger partial charge < -0.3 is 9.32 Å². The Morgan fingerprint density at radius 3 is 3.05 bits per heavy atom. The number of ketones is 1. The van der Waals surface area contributed by atoms with Crippen molar-refractivity contribution in [3.63, 3.8) is 0 Å². The molecule has 0 saturated carbocycles. The molecule has 1 aliphatic heterocycles. The largest absolute Gasteiger partial charge is 0.454 e. The topological polar surface area (TPSA) is 46.3 Å². The molecule has 21 heavy (non-hydrogen) atoms. The number of hydrogen-bond donors (Lipinski definition) is 0. The fourth-order valence-electron chi connectivity index (χ4n) is 2.45. The third-order valence-electron chi connectivity index (χ3n) is 3.52. The molecule has 106 valence electrons. The molecule has 1 aromatic carbocycles. The molecule has 0 unspecified atom stereocenters. The van der Waals surface area contributed by atoms with Crippen molar-refractivity contribution in [3.05, 3.63) is 34.7 Å². The maximum Gasteiger partial charge on any atom is 0.186 e. The van der Waals surface area contributed by atoms with Gasteiger partial charge in [0.2, 0.25) is 0 Å². The zero-order valence-electron chi connectivity index (χ0n) is 11.0. The molecule has 3 heterocycles. The van der Waals surface area contributed by atoms with Gasteiger partial charge in [0, 0.05) is 34.8 Å². The molecule has 0 aliphatic carbocycles. The van der Waals surface area contributed by atoms with E-state index in [2.05, 4.69) is 4.98 Å². The molecule has 0 bridgehead atoms. The Hall–Kier alpha value is -1.85. The molecular formula is C15H11ClN2O2S. The quantitative estimate of drug-likeness (QED) is 0.716. The van der Waals surface area contributed by atoms with E-state index >= 15 is 0 Å². The highest BCUT2D eigenvalue weighted by molar-refractivity contribution is 7.14. The first-order valence-corrected chi connectivity index (χ1v) is 7.86. The second kappa shape index (κ2) is 4.86. The lowest BCUT2D eigenvalue weighted by molar-refractivity contribution is -0.116. The van der Waals surface area contributed by atoms with E-state index in [1.807, 2.05) is 28.5 Å². The Morgan fingerprint density at radius 2 is 2.24 bits per heavy atom. The van der Waals surface area contributed by atoms with Gasteiger partial charge in [0.05, 0.1) is 6.54 Å². The molecule has 0 radical (unpaired) electrons. The van der Waals surface area contributed by atoms with Gasteiger partial charge in [-0.05, 0) is 18.2 Å². The molecule has 1 saturated heterocycles. The average molecular weight is 319 g/mol. The van der Waals surface area contributed by atoms with Crippen LogP contribution in [0.3, 0.4) is 0 Å². The van der Waals surface area contributed by atoms with E-state index in [0.29, 0.717) is 18.0 Å². The molecule has 3 aromatic rings. The molecular weight excluding hydrogens is 308 g/mol. The Morgan fingerprint density at radius 1 is 1.33 bits per heavy atom. The van der Waals surface area contributed by atoms with E-state index in [-0.39, 0.29) is 5.78 Å². The monoisotopic (exact) mass is 318 g/mol. The van der Waals surface area contributed by atoms with Crippen molar-refractivity contribution in [1.82, 2.24) is 4.98 Å². The molecule has 0 N–H and O–H groups in total. The van der Waals surface area contributed by atoms with Crippen LogP contribution >= 0.6 is 22.9 Å². The molecule has 0 amide bonds. The molecule has 2 aromatic heterocycles. The summed E-state index contributed by atoms with van der Waals surface area (Å²) in [6.07, 6.45) is 0.609. The molecule has 4 nitrogen and oxygen atoms in total. The molecule has 1 fully saturated rings. The van der Waals surface area contributed by atoms with E-state index in [9.17, 15) is 4.79 Å². The number of aromatic nitrogens is 1. The van der Waals surface area contributed by atoms with Gasteiger partial charge in [0.25, 0.3) is 0 Å².